The van der Waals surface area contributed by atoms with E-state index in [2.05, 4.69) is 4.74 Å². The first-order valence-corrected chi connectivity index (χ1v) is 4.92. The van der Waals surface area contributed by atoms with Crippen LogP contribution in [0.3, 0.4) is 0 Å². The van der Waals surface area contributed by atoms with E-state index in [1.807, 2.05) is 0 Å². The Kier molecular flexibility index (Phi) is 4.70. The summed E-state index contributed by atoms with van der Waals surface area (Å²) in [5, 5.41) is 18.4. The molecule has 0 radical (unpaired) electrons. The average molecular weight is 239 g/mol. The Hall–Kier alpha value is -0.650. The number of carbonyl (C=O) groups is 2. The molecule has 0 aliphatic heterocycles. The first-order valence-electron chi connectivity index (χ1n) is 4.38. The van der Waals surface area contributed by atoms with Gasteiger partial charge >= 0.3 is 11.8 Å². The van der Waals surface area contributed by atoms with E-state index in [0.29, 0.717) is 0 Å². The second kappa shape index (κ2) is 4.92. The van der Waals surface area contributed by atoms with E-state index in [9.17, 15) is 19.8 Å². The monoisotopic (exact) mass is 238 g/mol. The van der Waals surface area contributed by atoms with Crippen LogP contribution in [-0.2, 0) is 14.3 Å². The number of Topliss-reactive ketones (excluding diaryl/α,β-unsaturated/α-hetero) is 1. The Bertz CT molecular complexity index is 254. The molecule has 2 N–H and O–H groups in total. The first-order chi connectivity index (χ1) is 6.61. The average Bonchev–Trinajstić information content (AvgIpc) is 2.01. The van der Waals surface area contributed by atoms with Crippen molar-refractivity contribution in [1.29, 1.82) is 0 Å². The Labute approximate surface area is 93.0 Å². The molecule has 0 fully saturated rings. The van der Waals surface area contributed by atoms with Crippen LogP contribution in [0.25, 0.3) is 0 Å². The van der Waals surface area contributed by atoms with Crippen molar-refractivity contribution in [3.05, 3.63) is 0 Å². The normalized spacial score (nSPS) is 12.4. The van der Waals surface area contributed by atoms with Crippen molar-refractivity contribution >= 4 is 23.4 Å². The lowest BCUT2D eigenvalue weighted by atomic mass is 10.1. The van der Waals surface area contributed by atoms with Crippen LogP contribution < -0.4 is 0 Å². The van der Waals surface area contributed by atoms with E-state index < -0.39 is 23.1 Å². The summed E-state index contributed by atoms with van der Waals surface area (Å²) in [6.07, 6.45) is -0.312. The lowest BCUT2D eigenvalue weighted by Crippen LogP contribution is -2.49. The molecule has 0 aromatic rings. The third kappa shape index (κ3) is 4.59. The van der Waals surface area contributed by atoms with Crippen molar-refractivity contribution in [1.82, 2.24) is 0 Å². The van der Waals surface area contributed by atoms with Gasteiger partial charge in [0, 0.05) is 12.3 Å². The fourth-order valence-corrected chi connectivity index (χ4v) is 0.895. The van der Waals surface area contributed by atoms with E-state index in [-0.39, 0.29) is 12.3 Å². The Balaban J connectivity index is 4.59. The predicted octanol–water partition coefficient (Wildman–Crippen LogP) is 0.207. The molecule has 15 heavy (non-hydrogen) atoms. The molecule has 0 rings (SSSR count). The third-order valence-corrected chi connectivity index (χ3v) is 1.58. The van der Waals surface area contributed by atoms with Gasteiger partial charge in [-0.05, 0) is 20.8 Å². The van der Waals surface area contributed by atoms with Crippen molar-refractivity contribution < 1.29 is 24.5 Å². The number of halogens is 1. The number of esters is 1. The highest BCUT2D eigenvalue weighted by atomic mass is 35.5. The second-order valence-electron chi connectivity index (χ2n) is 4.04. The largest absolute Gasteiger partial charge is 0.456 e. The summed E-state index contributed by atoms with van der Waals surface area (Å²) in [7, 11) is 0. The molecule has 6 heteroatoms. The van der Waals surface area contributed by atoms with Gasteiger partial charge in [0.1, 0.15) is 5.60 Å². The molecule has 0 unspecified atom stereocenters. The highest BCUT2D eigenvalue weighted by molar-refractivity contribution is 6.19. The van der Waals surface area contributed by atoms with Crippen molar-refractivity contribution in [2.24, 2.45) is 0 Å². The van der Waals surface area contributed by atoms with Gasteiger partial charge in [-0.3, -0.25) is 4.79 Å². The summed E-state index contributed by atoms with van der Waals surface area (Å²) >= 11 is 5.25. The topological polar surface area (TPSA) is 83.8 Å². The fourth-order valence-electron chi connectivity index (χ4n) is 0.723. The van der Waals surface area contributed by atoms with Crippen LogP contribution in [0, 0.1) is 0 Å². The minimum absolute atomic E-state index is 0.0928. The molecule has 0 atom stereocenters. The third-order valence-electron chi connectivity index (χ3n) is 1.39. The van der Waals surface area contributed by atoms with Crippen molar-refractivity contribution in [2.45, 2.75) is 38.6 Å². The lowest BCUT2D eigenvalue weighted by Gasteiger charge is -2.25. The summed E-state index contributed by atoms with van der Waals surface area (Å²) in [4.78, 5) is 22.3. The zero-order valence-corrected chi connectivity index (χ0v) is 9.67. The van der Waals surface area contributed by atoms with Gasteiger partial charge < -0.3 is 14.9 Å². The lowest BCUT2D eigenvalue weighted by molar-refractivity contribution is -0.216. The van der Waals surface area contributed by atoms with Crippen molar-refractivity contribution in [3.8, 4) is 0 Å². The molecule has 0 saturated heterocycles. The Morgan fingerprint density at radius 2 is 1.73 bits per heavy atom. The molecular weight excluding hydrogens is 224 g/mol. The zero-order chi connectivity index (χ0) is 12.3. The van der Waals surface area contributed by atoms with E-state index in [4.69, 9.17) is 11.6 Å². The van der Waals surface area contributed by atoms with Gasteiger partial charge in [0.15, 0.2) is 0 Å². The molecule has 0 amide bonds. The van der Waals surface area contributed by atoms with Gasteiger partial charge in [0.25, 0.3) is 0 Å². The van der Waals surface area contributed by atoms with Crippen molar-refractivity contribution in [3.63, 3.8) is 0 Å². The molecule has 0 aliphatic carbocycles. The molecule has 0 aromatic heterocycles. The standard InChI is InChI=1S/C9H15ClO5/c1-8(2,3)15-7(12)9(13,14)6(11)4-5-10/h13-14H,4-5H2,1-3H3. The summed E-state index contributed by atoms with van der Waals surface area (Å²) in [5.74, 6) is -5.66. The number of carbonyl (C=O) groups excluding carboxylic acids is 2. The van der Waals surface area contributed by atoms with Crippen LogP contribution in [0.4, 0.5) is 0 Å². The molecule has 0 spiro atoms. The van der Waals surface area contributed by atoms with Crippen LogP contribution in [0.15, 0.2) is 0 Å². The maximum absolute atomic E-state index is 11.2. The van der Waals surface area contributed by atoms with Crippen LogP contribution in [0.5, 0.6) is 0 Å². The number of aliphatic hydroxyl groups is 2. The summed E-state index contributed by atoms with van der Waals surface area (Å²) in [6, 6.07) is 0. The van der Waals surface area contributed by atoms with Gasteiger partial charge in [-0.1, -0.05) is 0 Å². The van der Waals surface area contributed by atoms with Gasteiger partial charge in [-0.25, -0.2) is 4.79 Å². The maximum atomic E-state index is 11.2. The number of hydrogen-bond acceptors (Lipinski definition) is 5. The molecule has 0 bridgehead atoms. The van der Waals surface area contributed by atoms with Crippen LogP contribution in [0.2, 0.25) is 0 Å². The summed E-state index contributed by atoms with van der Waals surface area (Å²) in [5.41, 5.74) is -0.894. The molecular formula is C9H15ClO5. The van der Waals surface area contributed by atoms with Crippen LogP contribution in [0.1, 0.15) is 27.2 Å². The first kappa shape index (κ1) is 14.3. The molecule has 5 nitrogen and oxygen atoms in total. The van der Waals surface area contributed by atoms with Crippen molar-refractivity contribution in [2.75, 3.05) is 5.88 Å². The highest BCUT2D eigenvalue weighted by Crippen LogP contribution is 2.14. The molecule has 88 valence electrons. The molecule has 0 saturated carbocycles. The van der Waals surface area contributed by atoms with Gasteiger partial charge in [-0.2, -0.15) is 0 Å². The predicted molar refractivity (Wildman–Crippen MR) is 53.4 cm³/mol. The smallest absolute Gasteiger partial charge is 0.375 e. The maximum Gasteiger partial charge on any atom is 0.375 e. The highest BCUT2D eigenvalue weighted by Gasteiger charge is 2.44. The number of rotatable bonds is 4. The van der Waals surface area contributed by atoms with Gasteiger partial charge in [-0.15, -0.1) is 11.6 Å². The number of alkyl halides is 1. The minimum atomic E-state index is -3.11. The molecule has 0 aromatic carbocycles. The Morgan fingerprint density at radius 1 is 1.27 bits per heavy atom. The van der Waals surface area contributed by atoms with Crippen LogP contribution >= 0.6 is 11.6 Å². The van der Waals surface area contributed by atoms with Gasteiger partial charge in [0.2, 0.25) is 5.78 Å². The summed E-state index contributed by atoms with van der Waals surface area (Å²) in [6.45, 7) is 4.65. The van der Waals surface area contributed by atoms with E-state index >= 15 is 0 Å². The summed E-state index contributed by atoms with van der Waals surface area (Å²) < 4.78 is 4.67. The number of ketones is 1. The number of ether oxygens (including phenoxy) is 1. The zero-order valence-electron chi connectivity index (χ0n) is 8.91. The van der Waals surface area contributed by atoms with Crippen LogP contribution in [-0.4, -0.2) is 39.2 Å². The second-order valence-corrected chi connectivity index (χ2v) is 4.41. The molecule has 0 heterocycles. The van der Waals surface area contributed by atoms with E-state index in [1.54, 1.807) is 20.8 Å². The van der Waals surface area contributed by atoms with E-state index in [0.717, 1.165) is 0 Å². The minimum Gasteiger partial charge on any atom is -0.456 e. The van der Waals surface area contributed by atoms with E-state index in [1.165, 1.54) is 0 Å². The quantitative estimate of drug-likeness (QED) is 0.317. The Morgan fingerprint density at radius 3 is 2.07 bits per heavy atom. The fraction of sp³-hybridized carbons (Fsp3) is 0.778. The molecule has 0 aliphatic rings. The van der Waals surface area contributed by atoms with Gasteiger partial charge in [0.05, 0.1) is 0 Å². The number of hydrogen-bond donors (Lipinski definition) is 2. The SMILES string of the molecule is CC(C)(C)OC(=O)C(O)(O)C(=O)CCCl.